The summed E-state index contributed by atoms with van der Waals surface area (Å²) in [5, 5.41) is 9.45. The first-order valence-corrected chi connectivity index (χ1v) is 6.30. The zero-order valence-corrected chi connectivity index (χ0v) is 11.3. The Morgan fingerprint density at radius 1 is 1.42 bits per heavy atom. The molecule has 1 aliphatic rings. The van der Waals surface area contributed by atoms with E-state index in [4.69, 9.17) is 4.74 Å². The Bertz CT molecular complexity index is 395. The Hall–Kier alpha value is -1.62. The fourth-order valence-electron chi connectivity index (χ4n) is 1.94. The van der Waals surface area contributed by atoms with E-state index in [1.54, 1.807) is 0 Å². The van der Waals surface area contributed by atoms with Crippen molar-refractivity contribution in [1.29, 1.82) is 0 Å². The third-order valence-electron chi connectivity index (χ3n) is 3.03. The molecule has 0 aromatic heterocycles. The van der Waals surface area contributed by atoms with Crippen LogP contribution in [0, 0.1) is 0 Å². The van der Waals surface area contributed by atoms with Gasteiger partial charge in [-0.25, -0.2) is 0 Å². The molecule has 1 unspecified atom stereocenters. The van der Waals surface area contributed by atoms with E-state index in [1.165, 1.54) is 14.2 Å². The van der Waals surface area contributed by atoms with Crippen molar-refractivity contribution in [2.45, 2.75) is 38.2 Å². The first-order chi connectivity index (χ1) is 9.10. The zero-order chi connectivity index (χ0) is 14.3. The molecule has 0 saturated carbocycles. The van der Waals surface area contributed by atoms with Crippen LogP contribution in [0.4, 0.5) is 0 Å². The van der Waals surface area contributed by atoms with E-state index in [-0.39, 0.29) is 18.2 Å². The Morgan fingerprint density at radius 2 is 2.16 bits per heavy atom. The number of carbonyl (C=O) groups excluding carboxylic acids is 2. The summed E-state index contributed by atoms with van der Waals surface area (Å²) in [5.41, 5.74) is 0.541. The minimum absolute atomic E-state index is 0.216. The van der Waals surface area contributed by atoms with Crippen LogP contribution in [-0.4, -0.2) is 37.2 Å². The maximum atomic E-state index is 11.6. The highest BCUT2D eigenvalue weighted by Crippen LogP contribution is 2.26. The van der Waals surface area contributed by atoms with E-state index in [0.29, 0.717) is 24.2 Å². The van der Waals surface area contributed by atoms with Crippen LogP contribution in [0.1, 0.15) is 32.1 Å². The summed E-state index contributed by atoms with van der Waals surface area (Å²) in [6.45, 7) is 0. The number of Topliss-reactive ketones (excluding diaryl/α,β-unsaturated/α-hetero) is 1. The third-order valence-corrected chi connectivity index (χ3v) is 3.03. The molecule has 0 fully saturated rings. The highest BCUT2D eigenvalue weighted by atomic mass is 16.5. The SMILES string of the molecule is COC(=O)CCCC=CCC1=C(OC)CC(O)C1=O. The molecule has 19 heavy (non-hydrogen) atoms. The largest absolute Gasteiger partial charge is 0.501 e. The van der Waals surface area contributed by atoms with Crippen LogP contribution in [0.25, 0.3) is 0 Å². The standard InChI is InChI=1S/C14H20O5/c1-18-12-9-11(15)14(17)10(12)7-5-3-4-6-8-13(16)19-2/h3,5,11,15H,4,6-9H2,1-2H3. The number of rotatable bonds is 7. The molecule has 0 bridgehead atoms. The molecule has 1 atom stereocenters. The van der Waals surface area contributed by atoms with Crippen LogP contribution in [-0.2, 0) is 19.1 Å². The first kappa shape index (κ1) is 15.4. The fourth-order valence-corrected chi connectivity index (χ4v) is 1.94. The number of ketones is 1. The molecule has 5 nitrogen and oxygen atoms in total. The van der Waals surface area contributed by atoms with Crippen molar-refractivity contribution in [3.63, 3.8) is 0 Å². The predicted molar refractivity (Wildman–Crippen MR) is 69.3 cm³/mol. The number of hydrogen-bond acceptors (Lipinski definition) is 5. The number of unbranched alkanes of at least 4 members (excludes halogenated alkanes) is 1. The van der Waals surface area contributed by atoms with E-state index in [1.807, 2.05) is 12.2 Å². The van der Waals surface area contributed by atoms with E-state index in [2.05, 4.69) is 4.74 Å². The number of hydrogen-bond donors (Lipinski definition) is 1. The minimum atomic E-state index is -0.960. The quantitative estimate of drug-likeness (QED) is 0.430. The number of ether oxygens (including phenoxy) is 2. The van der Waals surface area contributed by atoms with E-state index >= 15 is 0 Å². The first-order valence-electron chi connectivity index (χ1n) is 6.30. The molecular formula is C14H20O5. The summed E-state index contributed by atoms with van der Waals surface area (Å²) >= 11 is 0. The van der Waals surface area contributed by atoms with E-state index in [9.17, 15) is 14.7 Å². The normalized spacial score (nSPS) is 19.3. The van der Waals surface area contributed by atoms with Crippen molar-refractivity contribution in [2.24, 2.45) is 0 Å². The lowest BCUT2D eigenvalue weighted by Gasteiger charge is -2.01. The average molecular weight is 268 g/mol. The van der Waals surface area contributed by atoms with Gasteiger partial charge in [0.2, 0.25) is 0 Å². The molecule has 1 aliphatic carbocycles. The molecule has 0 aromatic rings. The second-order valence-electron chi connectivity index (χ2n) is 4.33. The molecule has 1 rings (SSSR count). The van der Waals surface area contributed by atoms with Gasteiger partial charge in [-0.05, 0) is 19.3 Å². The van der Waals surface area contributed by atoms with Crippen molar-refractivity contribution < 1.29 is 24.2 Å². The molecule has 0 heterocycles. The number of allylic oxidation sites excluding steroid dienone is 2. The van der Waals surface area contributed by atoms with Crippen LogP contribution in [0.15, 0.2) is 23.5 Å². The van der Waals surface area contributed by atoms with Crippen LogP contribution in [0.3, 0.4) is 0 Å². The molecule has 0 aliphatic heterocycles. The number of aliphatic hydroxyl groups is 1. The Balaban J connectivity index is 2.35. The smallest absolute Gasteiger partial charge is 0.305 e. The van der Waals surface area contributed by atoms with Gasteiger partial charge in [-0.3, -0.25) is 9.59 Å². The topological polar surface area (TPSA) is 72.8 Å². The van der Waals surface area contributed by atoms with Crippen LogP contribution in [0.2, 0.25) is 0 Å². The summed E-state index contributed by atoms with van der Waals surface area (Å²) in [7, 11) is 2.87. The maximum Gasteiger partial charge on any atom is 0.305 e. The number of methoxy groups -OCH3 is 2. The third kappa shape index (κ3) is 4.52. The molecule has 0 spiro atoms. The highest BCUT2D eigenvalue weighted by molar-refractivity contribution is 6.01. The van der Waals surface area contributed by atoms with Crippen molar-refractivity contribution in [1.82, 2.24) is 0 Å². The zero-order valence-electron chi connectivity index (χ0n) is 11.3. The van der Waals surface area contributed by atoms with Gasteiger partial charge in [0.25, 0.3) is 0 Å². The van der Waals surface area contributed by atoms with Gasteiger partial charge in [0, 0.05) is 18.4 Å². The van der Waals surface area contributed by atoms with Crippen LogP contribution in [0.5, 0.6) is 0 Å². The minimum Gasteiger partial charge on any atom is -0.501 e. The van der Waals surface area contributed by atoms with Crippen LogP contribution >= 0.6 is 0 Å². The second-order valence-corrected chi connectivity index (χ2v) is 4.33. The van der Waals surface area contributed by atoms with Gasteiger partial charge < -0.3 is 14.6 Å². The van der Waals surface area contributed by atoms with Gasteiger partial charge in [-0.15, -0.1) is 0 Å². The molecule has 0 aromatic carbocycles. The second kappa shape index (κ2) is 7.74. The van der Waals surface area contributed by atoms with Gasteiger partial charge in [-0.1, -0.05) is 12.2 Å². The molecule has 0 saturated heterocycles. The van der Waals surface area contributed by atoms with E-state index < -0.39 is 6.10 Å². The monoisotopic (exact) mass is 268 g/mol. The average Bonchev–Trinajstić information content (AvgIpc) is 2.69. The summed E-state index contributed by atoms with van der Waals surface area (Å²) in [6.07, 6.45) is 5.40. The van der Waals surface area contributed by atoms with E-state index in [0.717, 1.165) is 12.8 Å². The Kier molecular flexibility index (Phi) is 6.29. The molecule has 0 amide bonds. The number of aliphatic hydroxyl groups excluding tert-OH is 1. The maximum absolute atomic E-state index is 11.6. The molecular weight excluding hydrogens is 248 g/mol. The van der Waals surface area contributed by atoms with Gasteiger partial charge in [-0.2, -0.15) is 0 Å². The molecule has 0 radical (unpaired) electrons. The van der Waals surface area contributed by atoms with Gasteiger partial charge in [0.05, 0.1) is 14.2 Å². The summed E-state index contributed by atoms with van der Waals surface area (Å²) in [5.74, 6) is 0.0969. The lowest BCUT2D eigenvalue weighted by atomic mass is 10.1. The van der Waals surface area contributed by atoms with Crippen molar-refractivity contribution in [3.8, 4) is 0 Å². The van der Waals surface area contributed by atoms with Gasteiger partial charge in [0.15, 0.2) is 5.78 Å². The Labute approximate surface area is 112 Å². The van der Waals surface area contributed by atoms with Crippen molar-refractivity contribution in [2.75, 3.05) is 14.2 Å². The van der Waals surface area contributed by atoms with Crippen molar-refractivity contribution >= 4 is 11.8 Å². The lowest BCUT2D eigenvalue weighted by molar-refractivity contribution is -0.140. The van der Waals surface area contributed by atoms with Gasteiger partial charge in [0.1, 0.15) is 11.9 Å². The molecule has 1 N–H and O–H groups in total. The summed E-state index contributed by atoms with van der Waals surface area (Å²) in [4.78, 5) is 22.5. The summed E-state index contributed by atoms with van der Waals surface area (Å²) in [6, 6.07) is 0. The molecule has 106 valence electrons. The van der Waals surface area contributed by atoms with Gasteiger partial charge >= 0.3 is 5.97 Å². The summed E-state index contributed by atoms with van der Waals surface area (Å²) < 4.78 is 9.63. The molecule has 5 heteroatoms. The highest BCUT2D eigenvalue weighted by Gasteiger charge is 2.31. The number of carbonyl (C=O) groups is 2. The number of esters is 1. The lowest BCUT2D eigenvalue weighted by Crippen LogP contribution is -2.14. The van der Waals surface area contributed by atoms with Crippen LogP contribution < -0.4 is 0 Å². The fraction of sp³-hybridized carbons (Fsp3) is 0.571. The van der Waals surface area contributed by atoms with Crippen molar-refractivity contribution in [3.05, 3.63) is 23.5 Å². The Morgan fingerprint density at radius 3 is 2.79 bits per heavy atom. The predicted octanol–water partition coefficient (Wildman–Crippen LogP) is 1.51.